The maximum Gasteiger partial charge on any atom is 0.335 e. The van der Waals surface area contributed by atoms with E-state index in [1.807, 2.05) is 48.5 Å². The molecular formula is C35H30Cl2N2O7. The molecule has 1 aliphatic rings. The SMILES string of the molecule is CCOc1cc(/C=C2/C(=O)NC(=O)N(c3cccc(Cl)c3C)C2=O)cc(Cl)c1OCc1ccc(OCc2ccccc2)c(OC)c1. The molecule has 1 fully saturated rings. The zero-order valence-electron chi connectivity index (χ0n) is 25.3. The van der Waals surface area contributed by atoms with Gasteiger partial charge in [-0.25, -0.2) is 9.69 Å². The molecule has 0 atom stereocenters. The predicted octanol–water partition coefficient (Wildman–Crippen LogP) is 7.53. The summed E-state index contributed by atoms with van der Waals surface area (Å²) in [6, 6.07) is 22.4. The number of carbonyl (C=O) groups excluding carboxylic acids is 3. The number of anilines is 1. The number of hydrogen-bond donors (Lipinski definition) is 1. The lowest BCUT2D eigenvalue weighted by Gasteiger charge is -2.27. The van der Waals surface area contributed by atoms with Crippen molar-refractivity contribution in [2.24, 2.45) is 0 Å². The molecule has 0 aromatic heterocycles. The highest BCUT2D eigenvalue weighted by Gasteiger charge is 2.37. The van der Waals surface area contributed by atoms with E-state index in [-0.39, 0.29) is 28.6 Å². The Labute approximate surface area is 276 Å². The highest BCUT2D eigenvalue weighted by atomic mass is 35.5. The van der Waals surface area contributed by atoms with Crippen LogP contribution in [0.2, 0.25) is 10.0 Å². The molecule has 0 spiro atoms. The van der Waals surface area contributed by atoms with E-state index in [1.54, 1.807) is 51.3 Å². The number of nitrogens with zero attached hydrogens (tertiary/aromatic N) is 1. The average Bonchev–Trinajstić information content (AvgIpc) is 3.04. The lowest BCUT2D eigenvalue weighted by Crippen LogP contribution is -2.54. The van der Waals surface area contributed by atoms with Gasteiger partial charge in [-0.05, 0) is 78.6 Å². The first-order valence-electron chi connectivity index (χ1n) is 14.3. The van der Waals surface area contributed by atoms with Crippen LogP contribution in [0, 0.1) is 6.92 Å². The maximum absolute atomic E-state index is 13.5. The molecule has 0 radical (unpaired) electrons. The molecule has 1 saturated heterocycles. The largest absolute Gasteiger partial charge is 0.493 e. The molecule has 4 aromatic carbocycles. The van der Waals surface area contributed by atoms with Crippen molar-refractivity contribution in [3.8, 4) is 23.0 Å². The number of methoxy groups -OCH3 is 1. The summed E-state index contributed by atoms with van der Waals surface area (Å²) >= 11 is 12.9. The number of barbiturate groups is 1. The van der Waals surface area contributed by atoms with Crippen LogP contribution in [0.25, 0.3) is 6.08 Å². The van der Waals surface area contributed by atoms with E-state index < -0.39 is 17.8 Å². The van der Waals surface area contributed by atoms with Crippen LogP contribution in [0.3, 0.4) is 0 Å². The standard InChI is InChI=1S/C35H30Cl2N2O7/c1-4-44-31-18-24(15-25-33(40)38-35(42)39(34(25)41)28-12-8-11-26(36)21(28)2)16-27(37)32(31)46-20-23-13-14-29(30(17-23)43-3)45-19-22-9-6-5-7-10-22/h5-18H,4,19-20H2,1-3H3,(H,38,40,42)/b25-15-. The van der Waals surface area contributed by atoms with E-state index in [4.69, 9.17) is 42.1 Å². The molecule has 9 nitrogen and oxygen atoms in total. The van der Waals surface area contributed by atoms with E-state index in [1.165, 1.54) is 6.08 Å². The lowest BCUT2D eigenvalue weighted by atomic mass is 10.1. The number of ether oxygens (including phenoxy) is 4. The first-order chi connectivity index (χ1) is 22.2. The number of rotatable bonds is 11. The normalized spacial score (nSPS) is 13.9. The summed E-state index contributed by atoms with van der Waals surface area (Å²) in [5.41, 5.74) is 2.71. The van der Waals surface area contributed by atoms with Crippen LogP contribution in [0.1, 0.15) is 29.2 Å². The molecule has 1 N–H and O–H groups in total. The van der Waals surface area contributed by atoms with Gasteiger partial charge in [0.1, 0.15) is 18.8 Å². The molecule has 236 valence electrons. The Bertz CT molecular complexity index is 1830. The van der Waals surface area contributed by atoms with Crippen molar-refractivity contribution in [1.82, 2.24) is 5.32 Å². The second-order valence-electron chi connectivity index (χ2n) is 10.2. The molecule has 4 aromatic rings. The van der Waals surface area contributed by atoms with Gasteiger partial charge in [0, 0.05) is 5.02 Å². The fourth-order valence-electron chi connectivity index (χ4n) is 4.77. The highest BCUT2D eigenvalue weighted by Crippen LogP contribution is 2.39. The average molecular weight is 662 g/mol. The highest BCUT2D eigenvalue weighted by molar-refractivity contribution is 6.40. The number of carbonyl (C=O) groups is 3. The van der Waals surface area contributed by atoms with Crippen LogP contribution in [-0.4, -0.2) is 31.6 Å². The summed E-state index contributed by atoms with van der Waals surface area (Å²) in [6.07, 6.45) is 1.34. The molecule has 5 rings (SSSR count). The summed E-state index contributed by atoms with van der Waals surface area (Å²) in [6.45, 7) is 4.30. The maximum atomic E-state index is 13.5. The van der Waals surface area contributed by atoms with Gasteiger partial charge in [0.05, 0.1) is 24.4 Å². The van der Waals surface area contributed by atoms with E-state index in [9.17, 15) is 14.4 Å². The van der Waals surface area contributed by atoms with Crippen LogP contribution < -0.4 is 29.2 Å². The number of imide groups is 2. The van der Waals surface area contributed by atoms with Crippen LogP contribution in [0.5, 0.6) is 23.0 Å². The minimum Gasteiger partial charge on any atom is -0.493 e. The first-order valence-corrected chi connectivity index (χ1v) is 15.0. The van der Waals surface area contributed by atoms with Crippen LogP contribution in [0.4, 0.5) is 10.5 Å². The van der Waals surface area contributed by atoms with Gasteiger partial charge in [-0.2, -0.15) is 0 Å². The number of halogens is 2. The number of amides is 4. The number of benzene rings is 4. The Balaban J connectivity index is 1.37. The Morgan fingerprint density at radius 3 is 2.28 bits per heavy atom. The van der Waals surface area contributed by atoms with Gasteiger partial charge in [0.2, 0.25) is 0 Å². The van der Waals surface area contributed by atoms with Gasteiger partial charge in [0.15, 0.2) is 23.0 Å². The van der Waals surface area contributed by atoms with Crippen molar-refractivity contribution >= 4 is 52.8 Å². The quantitative estimate of drug-likeness (QED) is 0.131. The Morgan fingerprint density at radius 2 is 1.54 bits per heavy atom. The molecule has 1 aliphatic heterocycles. The van der Waals surface area contributed by atoms with Crippen molar-refractivity contribution in [1.29, 1.82) is 0 Å². The van der Waals surface area contributed by atoms with E-state index >= 15 is 0 Å². The molecule has 1 heterocycles. The number of hydrogen-bond acceptors (Lipinski definition) is 7. The topological polar surface area (TPSA) is 103 Å². The monoisotopic (exact) mass is 660 g/mol. The summed E-state index contributed by atoms with van der Waals surface area (Å²) in [5, 5.41) is 2.78. The summed E-state index contributed by atoms with van der Waals surface area (Å²) < 4.78 is 23.4. The summed E-state index contributed by atoms with van der Waals surface area (Å²) in [7, 11) is 1.56. The predicted molar refractivity (Wildman–Crippen MR) is 176 cm³/mol. The van der Waals surface area contributed by atoms with Gasteiger partial charge in [0.25, 0.3) is 11.8 Å². The van der Waals surface area contributed by atoms with E-state index in [0.29, 0.717) is 46.6 Å². The molecule has 0 aliphatic carbocycles. The third-order valence-corrected chi connectivity index (χ3v) is 7.76. The Hall–Kier alpha value is -4.99. The number of nitrogens with one attached hydrogen (secondary N) is 1. The van der Waals surface area contributed by atoms with Crippen molar-refractivity contribution in [3.05, 3.63) is 117 Å². The van der Waals surface area contributed by atoms with Gasteiger partial charge >= 0.3 is 6.03 Å². The summed E-state index contributed by atoms with van der Waals surface area (Å²) in [4.78, 5) is 39.8. The van der Waals surface area contributed by atoms with Crippen LogP contribution in [-0.2, 0) is 22.8 Å². The fourth-order valence-corrected chi connectivity index (χ4v) is 5.21. The van der Waals surface area contributed by atoms with Gasteiger partial charge in [-0.3, -0.25) is 14.9 Å². The third kappa shape index (κ3) is 7.11. The zero-order valence-corrected chi connectivity index (χ0v) is 26.8. The second kappa shape index (κ2) is 14.4. The van der Waals surface area contributed by atoms with E-state index in [0.717, 1.165) is 16.0 Å². The fraction of sp³-hybridized carbons (Fsp3) is 0.171. The van der Waals surface area contributed by atoms with Crippen molar-refractivity contribution in [2.75, 3.05) is 18.6 Å². The van der Waals surface area contributed by atoms with Gasteiger partial charge < -0.3 is 18.9 Å². The van der Waals surface area contributed by atoms with Crippen molar-refractivity contribution in [2.45, 2.75) is 27.1 Å². The van der Waals surface area contributed by atoms with Gasteiger partial charge in [-0.1, -0.05) is 65.7 Å². The smallest absolute Gasteiger partial charge is 0.335 e. The molecule has 0 saturated carbocycles. The molecule has 11 heteroatoms. The summed E-state index contributed by atoms with van der Waals surface area (Å²) in [5.74, 6) is 0.0709. The molecule has 46 heavy (non-hydrogen) atoms. The van der Waals surface area contributed by atoms with Crippen molar-refractivity contribution < 1.29 is 33.3 Å². The van der Waals surface area contributed by atoms with Crippen molar-refractivity contribution in [3.63, 3.8) is 0 Å². The van der Waals surface area contributed by atoms with Crippen LogP contribution in [0.15, 0.2) is 84.4 Å². The zero-order chi connectivity index (χ0) is 32.8. The number of urea groups is 1. The Morgan fingerprint density at radius 1 is 0.783 bits per heavy atom. The molecule has 0 unspecified atom stereocenters. The first kappa shape index (κ1) is 32.4. The lowest BCUT2D eigenvalue weighted by molar-refractivity contribution is -0.122. The third-order valence-electron chi connectivity index (χ3n) is 7.07. The Kier molecular flexibility index (Phi) is 10.1. The minimum atomic E-state index is -0.873. The molecule has 0 bridgehead atoms. The van der Waals surface area contributed by atoms with Gasteiger partial charge in [-0.15, -0.1) is 0 Å². The second-order valence-corrected chi connectivity index (χ2v) is 11.0. The molecule has 4 amide bonds. The van der Waals surface area contributed by atoms with Crippen LogP contribution >= 0.6 is 23.2 Å². The molecular weight excluding hydrogens is 631 g/mol. The van der Waals surface area contributed by atoms with E-state index in [2.05, 4.69) is 5.32 Å². The minimum absolute atomic E-state index is 0.131.